The average molecular weight is 344 g/mol. The van der Waals surface area contributed by atoms with Crippen LogP contribution in [-0.2, 0) is 14.8 Å². The molecule has 126 valence electrons. The quantitative estimate of drug-likeness (QED) is 0.859. The number of benzene rings is 2. The van der Waals surface area contributed by atoms with Gasteiger partial charge in [-0.1, -0.05) is 36.4 Å². The van der Waals surface area contributed by atoms with E-state index in [4.69, 9.17) is 0 Å². The standard InChI is InChI=1S/C18H20N2O3S/c1-15-7-5-6-10-17(15)24(22,23)19-12-11-18(21)20(14-13-19)16-8-3-2-4-9-16/h2-10H,11-14H2,1H3. The van der Waals surface area contributed by atoms with E-state index in [0.717, 1.165) is 5.69 Å². The summed E-state index contributed by atoms with van der Waals surface area (Å²) in [4.78, 5) is 14.4. The predicted octanol–water partition coefficient (Wildman–Crippen LogP) is 2.42. The average Bonchev–Trinajstić information content (AvgIpc) is 2.78. The second-order valence-electron chi connectivity index (χ2n) is 5.80. The maximum atomic E-state index is 12.9. The molecule has 0 atom stereocenters. The molecule has 0 radical (unpaired) electrons. The lowest BCUT2D eigenvalue weighted by Gasteiger charge is -2.22. The lowest BCUT2D eigenvalue weighted by molar-refractivity contribution is -0.118. The molecule has 0 N–H and O–H groups in total. The van der Waals surface area contributed by atoms with Crippen molar-refractivity contribution < 1.29 is 13.2 Å². The molecule has 1 fully saturated rings. The summed E-state index contributed by atoms with van der Waals surface area (Å²) in [6.45, 7) is 2.64. The molecule has 1 aliphatic heterocycles. The molecule has 1 aliphatic rings. The number of sulfonamides is 1. The van der Waals surface area contributed by atoms with Crippen LogP contribution in [0.3, 0.4) is 0 Å². The zero-order valence-electron chi connectivity index (χ0n) is 13.6. The van der Waals surface area contributed by atoms with Crippen molar-refractivity contribution in [2.45, 2.75) is 18.2 Å². The Kier molecular flexibility index (Phi) is 4.69. The molecule has 0 unspecified atom stereocenters. The van der Waals surface area contributed by atoms with Gasteiger partial charge >= 0.3 is 0 Å². The number of carbonyl (C=O) groups excluding carboxylic acids is 1. The molecule has 0 aliphatic carbocycles. The van der Waals surface area contributed by atoms with Gasteiger partial charge in [0.2, 0.25) is 15.9 Å². The maximum Gasteiger partial charge on any atom is 0.243 e. The number of rotatable bonds is 3. The first-order valence-electron chi connectivity index (χ1n) is 7.91. The second kappa shape index (κ2) is 6.75. The highest BCUT2D eigenvalue weighted by Gasteiger charge is 2.30. The van der Waals surface area contributed by atoms with Crippen LogP contribution in [0.5, 0.6) is 0 Å². The van der Waals surface area contributed by atoms with Crippen LogP contribution in [0.15, 0.2) is 59.5 Å². The van der Waals surface area contributed by atoms with E-state index in [1.165, 1.54) is 4.31 Å². The van der Waals surface area contributed by atoms with Crippen molar-refractivity contribution in [2.75, 3.05) is 24.5 Å². The third kappa shape index (κ3) is 3.20. The maximum absolute atomic E-state index is 12.9. The van der Waals surface area contributed by atoms with Gasteiger partial charge in [0.25, 0.3) is 0 Å². The number of carbonyl (C=O) groups is 1. The molecule has 3 rings (SSSR count). The number of hydrogen-bond donors (Lipinski definition) is 0. The number of hydrogen-bond acceptors (Lipinski definition) is 3. The van der Waals surface area contributed by atoms with E-state index in [2.05, 4.69) is 0 Å². The van der Waals surface area contributed by atoms with E-state index >= 15 is 0 Å². The first-order valence-corrected chi connectivity index (χ1v) is 9.35. The third-order valence-electron chi connectivity index (χ3n) is 4.23. The van der Waals surface area contributed by atoms with Crippen LogP contribution < -0.4 is 4.90 Å². The predicted molar refractivity (Wildman–Crippen MR) is 93.3 cm³/mol. The first-order chi connectivity index (χ1) is 11.5. The Bertz CT molecular complexity index is 834. The fourth-order valence-electron chi connectivity index (χ4n) is 2.91. The molecule has 2 aromatic rings. The van der Waals surface area contributed by atoms with E-state index in [1.807, 2.05) is 36.4 Å². The number of amides is 1. The lowest BCUT2D eigenvalue weighted by atomic mass is 10.2. The molecule has 0 saturated carbocycles. The molecule has 1 saturated heterocycles. The smallest absolute Gasteiger partial charge is 0.243 e. The Balaban J connectivity index is 1.85. The fourth-order valence-corrected chi connectivity index (χ4v) is 4.57. The first kappa shape index (κ1) is 16.7. The molecule has 5 nitrogen and oxygen atoms in total. The Morgan fingerprint density at radius 1 is 0.875 bits per heavy atom. The molecule has 0 aromatic heterocycles. The summed E-state index contributed by atoms with van der Waals surface area (Å²) in [5, 5.41) is 0. The van der Waals surface area contributed by atoms with Gasteiger partial charge in [-0.15, -0.1) is 0 Å². The van der Waals surface area contributed by atoms with Crippen LogP contribution in [0.2, 0.25) is 0 Å². The van der Waals surface area contributed by atoms with Gasteiger partial charge in [-0.2, -0.15) is 4.31 Å². The molecule has 1 heterocycles. The zero-order chi connectivity index (χ0) is 17.2. The summed E-state index contributed by atoms with van der Waals surface area (Å²) in [5.41, 5.74) is 1.52. The molecule has 6 heteroatoms. The second-order valence-corrected chi connectivity index (χ2v) is 7.71. The Morgan fingerprint density at radius 2 is 1.54 bits per heavy atom. The van der Waals surface area contributed by atoms with Gasteiger partial charge < -0.3 is 4.90 Å². The number of para-hydroxylation sites is 1. The van der Waals surface area contributed by atoms with Gasteiger partial charge in [-0.3, -0.25) is 4.79 Å². The monoisotopic (exact) mass is 344 g/mol. The summed E-state index contributed by atoms with van der Waals surface area (Å²) < 4.78 is 27.2. The molecule has 0 bridgehead atoms. The van der Waals surface area contributed by atoms with Crippen LogP contribution in [-0.4, -0.2) is 38.3 Å². The minimum atomic E-state index is -3.59. The van der Waals surface area contributed by atoms with Crippen LogP contribution in [0, 0.1) is 6.92 Å². The minimum Gasteiger partial charge on any atom is -0.311 e. The van der Waals surface area contributed by atoms with E-state index in [1.54, 1.807) is 30.0 Å². The lowest BCUT2D eigenvalue weighted by Crippen LogP contribution is -2.36. The zero-order valence-corrected chi connectivity index (χ0v) is 14.4. The highest BCUT2D eigenvalue weighted by atomic mass is 32.2. The van der Waals surface area contributed by atoms with E-state index in [0.29, 0.717) is 17.0 Å². The molecule has 1 amide bonds. The van der Waals surface area contributed by atoms with Crippen LogP contribution in [0.4, 0.5) is 5.69 Å². The summed E-state index contributed by atoms with van der Waals surface area (Å²) in [5.74, 6) is -0.0521. The third-order valence-corrected chi connectivity index (χ3v) is 6.29. The van der Waals surface area contributed by atoms with Crippen LogP contribution >= 0.6 is 0 Å². The van der Waals surface area contributed by atoms with Crippen molar-refractivity contribution in [3.05, 3.63) is 60.2 Å². The topological polar surface area (TPSA) is 57.7 Å². The molecule has 0 spiro atoms. The molecule has 2 aromatic carbocycles. The van der Waals surface area contributed by atoms with Gasteiger partial charge in [0.05, 0.1) is 4.90 Å². The summed E-state index contributed by atoms with van der Waals surface area (Å²) >= 11 is 0. The van der Waals surface area contributed by atoms with Gasteiger partial charge in [0.1, 0.15) is 0 Å². The van der Waals surface area contributed by atoms with E-state index in [-0.39, 0.29) is 25.4 Å². The summed E-state index contributed by atoms with van der Waals surface area (Å²) in [6.07, 6.45) is 0.181. The van der Waals surface area contributed by atoms with Gasteiger partial charge in [0.15, 0.2) is 0 Å². The highest BCUT2D eigenvalue weighted by Crippen LogP contribution is 2.23. The number of nitrogens with zero attached hydrogens (tertiary/aromatic N) is 2. The van der Waals surface area contributed by atoms with Gasteiger partial charge in [-0.05, 0) is 30.7 Å². The van der Waals surface area contributed by atoms with Crippen molar-refractivity contribution in [3.8, 4) is 0 Å². The highest BCUT2D eigenvalue weighted by molar-refractivity contribution is 7.89. The molecule has 24 heavy (non-hydrogen) atoms. The van der Waals surface area contributed by atoms with E-state index < -0.39 is 10.0 Å². The summed E-state index contributed by atoms with van der Waals surface area (Å²) in [7, 11) is -3.59. The van der Waals surface area contributed by atoms with Crippen molar-refractivity contribution in [3.63, 3.8) is 0 Å². The fraction of sp³-hybridized carbons (Fsp3) is 0.278. The number of aryl methyl sites for hydroxylation is 1. The van der Waals surface area contributed by atoms with Crippen molar-refractivity contribution in [1.29, 1.82) is 0 Å². The molecular formula is C18H20N2O3S. The van der Waals surface area contributed by atoms with Crippen LogP contribution in [0.25, 0.3) is 0 Å². The van der Waals surface area contributed by atoms with Crippen molar-refractivity contribution >= 4 is 21.6 Å². The largest absolute Gasteiger partial charge is 0.311 e. The number of anilines is 1. The Labute approximate surface area is 142 Å². The van der Waals surface area contributed by atoms with Crippen molar-refractivity contribution in [1.82, 2.24) is 4.31 Å². The molecular weight excluding hydrogens is 324 g/mol. The summed E-state index contributed by atoms with van der Waals surface area (Å²) in [6, 6.07) is 16.3. The van der Waals surface area contributed by atoms with Gasteiger partial charge in [0, 0.05) is 31.7 Å². The Hall–Kier alpha value is -2.18. The SMILES string of the molecule is Cc1ccccc1S(=O)(=O)N1CCC(=O)N(c2ccccc2)CC1. The van der Waals surface area contributed by atoms with E-state index in [9.17, 15) is 13.2 Å². The van der Waals surface area contributed by atoms with Crippen molar-refractivity contribution in [2.24, 2.45) is 0 Å². The normalized spacial score (nSPS) is 16.9. The minimum absolute atomic E-state index is 0.0521. The Morgan fingerprint density at radius 3 is 2.25 bits per heavy atom. The van der Waals surface area contributed by atoms with Crippen LogP contribution in [0.1, 0.15) is 12.0 Å². The van der Waals surface area contributed by atoms with Gasteiger partial charge in [-0.25, -0.2) is 8.42 Å².